The minimum atomic E-state index is -0.250. The highest BCUT2D eigenvalue weighted by Gasteiger charge is 2.35. The minimum Gasteiger partial charge on any atom is -0.490 e. The summed E-state index contributed by atoms with van der Waals surface area (Å²) in [6.45, 7) is 6.73. The van der Waals surface area contributed by atoms with E-state index in [0.717, 1.165) is 48.3 Å². The SMILES string of the molecule is Cc1cccc(CN(C(=O)C2=C(c3ccc(OCCOc4cc(Cl)c(Cl)cc4Cl)cc3)CCNC2)C2CC2)c1C.O=CO. The van der Waals surface area contributed by atoms with Crippen LogP contribution in [0.25, 0.3) is 5.57 Å². The Hall–Kier alpha value is -3.23. The normalized spacial score (nSPS) is 14.4. The molecular formula is C33H35Cl3N2O5. The van der Waals surface area contributed by atoms with Crippen molar-refractivity contribution in [3.8, 4) is 11.5 Å². The van der Waals surface area contributed by atoms with Gasteiger partial charge in [0.1, 0.15) is 24.7 Å². The van der Waals surface area contributed by atoms with E-state index in [-0.39, 0.29) is 12.4 Å². The average Bonchev–Trinajstić information content (AvgIpc) is 3.84. The third-order valence-corrected chi connectivity index (χ3v) is 8.59. The number of ether oxygens (including phenoxy) is 2. The maximum atomic E-state index is 14.0. The largest absolute Gasteiger partial charge is 0.490 e. The summed E-state index contributed by atoms with van der Waals surface area (Å²) in [5.41, 5.74) is 6.77. The van der Waals surface area contributed by atoms with Crippen molar-refractivity contribution < 1.29 is 24.2 Å². The molecule has 228 valence electrons. The lowest BCUT2D eigenvalue weighted by molar-refractivity contribution is -0.128. The molecule has 3 aromatic rings. The van der Waals surface area contributed by atoms with Crippen molar-refractivity contribution in [1.82, 2.24) is 10.2 Å². The van der Waals surface area contributed by atoms with Crippen LogP contribution in [0.3, 0.4) is 0 Å². The number of benzene rings is 3. The van der Waals surface area contributed by atoms with Gasteiger partial charge in [-0.25, -0.2) is 0 Å². The lowest BCUT2D eigenvalue weighted by Crippen LogP contribution is -2.39. The van der Waals surface area contributed by atoms with E-state index in [1.54, 1.807) is 12.1 Å². The van der Waals surface area contributed by atoms with Crippen LogP contribution in [0.4, 0.5) is 0 Å². The zero-order valence-corrected chi connectivity index (χ0v) is 26.4. The van der Waals surface area contributed by atoms with Crippen LogP contribution in [0.2, 0.25) is 15.1 Å². The van der Waals surface area contributed by atoms with Gasteiger partial charge in [0.15, 0.2) is 0 Å². The number of hydrogen-bond acceptors (Lipinski definition) is 5. The average molecular weight is 646 g/mol. The Bertz CT molecular complexity index is 1470. The zero-order chi connectivity index (χ0) is 30.9. The summed E-state index contributed by atoms with van der Waals surface area (Å²) in [7, 11) is 0. The van der Waals surface area contributed by atoms with E-state index in [0.29, 0.717) is 53.2 Å². The quantitative estimate of drug-likeness (QED) is 0.136. The summed E-state index contributed by atoms with van der Waals surface area (Å²) in [6, 6.07) is 17.8. The Morgan fingerprint density at radius 3 is 2.37 bits per heavy atom. The van der Waals surface area contributed by atoms with Crippen molar-refractivity contribution >= 4 is 52.8 Å². The zero-order valence-electron chi connectivity index (χ0n) is 24.2. The number of rotatable bonds is 10. The van der Waals surface area contributed by atoms with Gasteiger partial charge in [0.25, 0.3) is 12.4 Å². The van der Waals surface area contributed by atoms with E-state index in [9.17, 15) is 4.79 Å². The highest BCUT2D eigenvalue weighted by molar-refractivity contribution is 6.43. The van der Waals surface area contributed by atoms with Crippen LogP contribution in [0.15, 0.2) is 60.2 Å². The molecule has 10 heteroatoms. The molecule has 0 unspecified atom stereocenters. The molecule has 1 heterocycles. The van der Waals surface area contributed by atoms with Gasteiger partial charge in [0.2, 0.25) is 0 Å². The molecule has 0 saturated heterocycles. The maximum Gasteiger partial charge on any atom is 0.290 e. The van der Waals surface area contributed by atoms with Crippen LogP contribution in [-0.4, -0.2) is 54.7 Å². The molecular weight excluding hydrogens is 611 g/mol. The van der Waals surface area contributed by atoms with Crippen LogP contribution < -0.4 is 14.8 Å². The highest BCUT2D eigenvalue weighted by atomic mass is 35.5. The van der Waals surface area contributed by atoms with Crippen molar-refractivity contribution in [2.24, 2.45) is 0 Å². The Morgan fingerprint density at radius 2 is 1.67 bits per heavy atom. The second-order valence-corrected chi connectivity index (χ2v) is 11.7. The monoisotopic (exact) mass is 644 g/mol. The van der Waals surface area contributed by atoms with Crippen molar-refractivity contribution in [2.45, 2.75) is 45.7 Å². The molecule has 1 fully saturated rings. The number of carboxylic acid groups (broad SMARTS) is 1. The summed E-state index contributed by atoms with van der Waals surface area (Å²) < 4.78 is 11.6. The van der Waals surface area contributed by atoms with Crippen molar-refractivity contribution in [2.75, 3.05) is 26.3 Å². The summed E-state index contributed by atoms with van der Waals surface area (Å²) in [4.78, 5) is 24.4. The number of carbonyl (C=O) groups excluding carboxylic acids is 1. The molecule has 2 N–H and O–H groups in total. The van der Waals surface area contributed by atoms with Crippen molar-refractivity contribution in [3.05, 3.63) is 97.5 Å². The summed E-state index contributed by atoms with van der Waals surface area (Å²) in [5.74, 6) is 1.33. The molecule has 1 amide bonds. The molecule has 1 aliphatic heterocycles. The van der Waals surface area contributed by atoms with Gasteiger partial charge in [-0.05, 0) is 85.7 Å². The molecule has 0 radical (unpaired) electrons. The number of halogens is 3. The van der Waals surface area contributed by atoms with Crippen LogP contribution in [0.5, 0.6) is 11.5 Å². The standard InChI is InChI=1S/C32H33Cl3N2O3.CH2O2/c1-20-4-3-5-23(21(20)2)19-37(24-8-9-24)32(38)27-18-36-13-12-26(27)22-6-10-25(11-7-22)39-14-15-40-31-17-29(34)28(33)16-30(31)35;2-1-3/h3-7,10-11,16-17,24,36H,8-9,12-15,18-19H2,1-2H3;1H,(H,2,3). The fourth-order valence-corrected chi connectivity index (χ4v) is 5.57. The highest BCUT2D eigenvalue weighted by Crippen LogP contribution is 2.35. The maximum absolute atomic E-state index is 14.0. The Balaban J connectivity index is 0.00000135. The summed E-state index contributed by atoms with van der Waals surface area (Å²) in [5, 5.41) is 11.5. The van der Waals surface area contributed by atoms with Crippen LogP contribution in [0.1, 0.15) is 41.5 Å². The number of carbonyl (C=O) groups is 2. The lowest BCUT2D eigenvalue weighted by atomic mass is 9.93. The number of hydrogen-bond donors (Lipinski definition) is 2. The molecule has 1 saturated carbocycles. The summed E-state index contributed by atoms with van der Waals surface area (Å²) in [6.07, 6.45) is 2.95. The first-order valence-corrected chi connectivity index (χ1v) is 15.2. The van der Waals surface area contributed by atoms with E-state index >= 15 is 0 Å². The first-order chi connectivity index (χ1) is 20.7. The molecule has 0 aromatic heterocycles. The Labute approximate surface area is 267 Å². The molecule has 1 aliphatic carbocycles. The van der Waals surface area contributed by atoms with Gasteiger partial charge in [0.05, 0.1) is 15.1 Å². The van der Waals surface area contributed by atoms with Crippen molar-refractivity contribution in [1.29, 1.82) is 0 Å². The predicted molar refractivity (Wildman–Crippen MR) is 171 cm³/mol. The van der Waals surface area contributed by atoms with E-state index in [4.69, 9.17) is 54.2 Å². The first-order valence-electron chi connectivity index (χ1n) is 14.1. The molecule has 2 aliphatic rings. The van der Waals surface area contributed by atoms with Gasteiger partial charge in [-0.3, -0.25) is 9.59 Å². The number of nitrogens with zero attached hydrogens (tertiary/aromatic N) is 1. The number of amides is 1. The Morgan fingerprint density at radius 1 is 1.00 bits per heavy atom. The fraction of sp³-hybridized carbons (Fsp3) is 0.333. The molecule has 5 rings (SSSR count). The third kappa shape index (κ3) is 8.67. The van der Waals surface area contributed by atoms with E-state index in [1.807, 2.05) is 24.3 Å². The van der Waals surface area contributed by atoms with E-state index in [1.165, 1.54) is 16.7 Å². The molecule has 0 bridgehead atoms. The smallest absolute Gasteiger partial charge is 0.290 e. The third-order valence-electron chi connectivity index (χ3n) is 7.57. The van der Waals surface area contributed by atoms with Crippen LogP contribution in [0, 0.1) is 13.8 Å². The van der Waals surface area contributed by atoms with Gasteiger partial charge in [-0.15, -0.1) is 0 Å². The van der Waals surface area contributed by atoms with Crippen molar-refractivity contribution in [3.63, 3.8) is 0 Å². The first kappa shape index (κ1) is 32.7. The van der Waals surface area contributed by atoms with Gasteiger partial charge in [-0.1, -0.05) is 65.1 Å². The fourth-order valence-electron chi connectivity index (χ4n) is 4.98. The molecule has 7 nitrogen and oxygen atoms in total. The molecule has 3 aromatic carbocycles. The topological polar surface area (TPSA) is 88.1 Å². The molecule has 0 spiro atoms. The summed E-state index contributed by atoms with van der Waals surface area (Å²) >= 11 is 18.2. The molecule has 43 heavy (non-hydrogen) atoms. The second-order valence-electron chi connectivity index (χ2n) is 10.4. The predicted octanol–water partition coefficient (Wildman–Crippen LogP) is 7.36. The van der Waals surface area contributed by atoms with Gasteiger partial charge in [0, 0.05) is 30.8 Å². The second kappa shape index (κ2) is 15.5. The lowest BCUT2D eigenvalue weighted by Gasteiger charge is -2.29. The van der Waals surface area contributed by atoms with Gasteiger partial charge >= 0.3 is 0 Å². The van der Waals surface area contributed by atoms with Gasteiger partial charge < -0.3 is 24.8 Å². The number of nitrogens with one attached hydrogen (secondary N) is 1. The van der Waals surface area contributed by atoms with E-state index < -0.39 is 0 Å². The molecule has 0 atom stereocenters. The van der Waals surface area contributed by atoms with Crippen LogP contribution >= 0.6 is 34.8 Å². The number of aryl methyl sites for hydroxylation is 1. The Kier molecular flexibility index (Phi) is 11.8. The van der Waals surface area contributed by atoms with Crippen LogP contribution in [-0.2, 0) is 16.1 Å². The minimum absolute atomic E-state index is 0.143. The van der Waals surface area contributed by atoms with E-state index in [2.05, 4.69) is 42.3 Å². The van der Waals surface area contributed by atoms with Gasteiger partial charge in [-0.2, -0.15) is 0 Å².